The Morgan fingerprint density at radius 3 is 2.59 bits per heavy atom. The molecular formula is C25H24ClN3O2S. The number of hydrogen-bond donors (Lipinski definition) is 1. The third kappa shape index (κ3) is 4.61. The molecule has 1 amide bonds. The number of amidine groups is 1. The van der Waals surface area contributed by atoms with Crippen LogP contribution >= 0.6 is 23.4 Å². The number of carbonyl (C=O) groups excluding carboxylic acids is 1. The summed E-state index contributed by atoms with van der Waals surface area (Å²) in [5.41, 5.74) is 6.04. The number of nitrogens with zero attached hydrogens (tertiary/aromatic N) is 2. The minimum atomic E-state index is -0.150. The van der Waals surface area contributed by atoms with Crippen LogP contribution in [0, 0.1) is 20.8 Å². The van der Waals surface area contributed by atoms with Crippen molar-refractivity contribution in [1.82, 2.24) is 9.88 Å². The third-order valence-electron chi connectivity index (χ3n) is 5.20. The molecule has 7 heteroatoms. The Bertz CT molecular complexity index is 1240. The van der Waals surface area contributed by atoms with Crippen LogP contribution in [0.5, 0.6) is 5.75 Å². The molecule has 0 unspecified atom stereocenters. The molecule has 2 aromatic carbocycles. The Morgan fingerprint density at radius 2 is 1.88 bits per heavy atom. The average molecular weight is 466 g/mol. The quantitative estimate of drug-likeness (QED) is 0.447. The fraction of sp³-hybridized carbons (Fsp3) is 0.200. The molecule has 164 valence electrons. The van der Waals surface area contributed by atoms with Gasteiger partial charge in [0.1, 0.15) is 5.75 Å². The van der Waals surface area contributed by atoms with Crippen LogP contribution in [0.25, 0.3) is 11.8 Å². The number of ether oxygens (including phenoxy) is 1. The van der Waals surface area contributed by atoms with Crippen LogP contribution in [-0.2, 0) is 4.79 Å². The monoisotopic (exact) mass is 465 g/mol. The van der Waals surface area contributed by atoms with Gasteiger partial charge in [-0.05, 0) is 99.1 Å². The summed E-state index contributed by atoms with van der Waals surface area (Å²) in [6.07, 6.45) is 1.92. The Morgan fingerprint density at radius 1 is 1.12 bits per heavy atom. The second-order valence-electron chi connectivity index (χ2n) is 7.50. The van der Waals surface area contributed by atoms with Gasteiger partial charge in [0.05, 0.1) is 17.2 Å². The fourth-order valence-corrected chi connectivity index (χ4v) is 4.65. The van der Waals surface area contributed by atoms with E-state index < -0.39 is 0 Å². The maximum atomic E-state index is 12.6. The first-order chi connectivity index (χ1) is 15.4. The van der Waals surface area contributed by atoms with Gasteiger partial charge in [-0.1, -0.05) is 17.7 Å². The summed E-state index contributed by atoms with van der Waals surface area (Å²) < 4.78 is 7.62. The smallest absolute Gasteiger partial charge is 0.264 e. The summed E-state index contributed by atoms with van der Waals surface area (Å²) in [7, 11) is 0. The second kappa shape index (κ2) is 9.27. The molecule has 32 heavy (non-hydrogen) atoms. The van der Waals surface area contributed by atoms with E-state index >= 15 is 0 Å². The van der Waals surface area contributed by atoms with Crippen LogP contribution in [0.2, 0.25) is 5.02 Å². The lowest BCUT2D eigenvalue weighted by Gasteiger charge is -2.13. The van der Waals surface area contributed by atoms with Crippen LogP contribution in [0.15, 0.2) is 58.4 Å². The van der Waals surface area contributed by atoms with Crippen molar-refractivity contribution in [2.24, 2.45) is 4.99 Å². The summed E-state index contributed by atoms with van der Waals surface area (Å²) >= 11 is 7.58. The molecule has 0 spiro atoms. The van der Waals surface area contributed by atoms with E-state index in [4.69, 9.17) is 16.3 Å². The van der Waals surface area contributed by atoms with Gasteiger partial charge in [-0.15, -0.1) is 0 Å². The van der Waals surface area contributed by atoms with Crippen molar-refractivity contribution in [3.63, 3.8) is 0 Å². The lowest BCUT2D eigenvalue weighted by molar-refractivity contribution is -0.115. The normalized spacial score (nSPS) is 16.1. The number of nitrogens with one attached hydrogen (secondary N) is 1. The molecule has 0 bridgehead atoms. The number of hydrogen-bond acceptors (Lipinski definition) is 4. The van der Waals surface area contributed by atoms with Crippen molar-refractivity contribution in [2.75, 3.05) is 6.61 Å². The molecule has 4 rings (SSSR count). The standard InChI is InChI=1S/C25H24ClN3O2S/c1-5-31-21-10-8-20(9-11-21)27-25-28-24(30)23(32-25)13-18-12-16(3)29(17(18)4)22-14-19(26)7-6-15(22)2/h6-14H,5H2,1-4H3,(H,27,28,30)/b23-13+. The highest BCUT2D eigenvalue weighted by atomic mass is 35.5. The topological polar surface area (TPSA) is 55.6 Å². The van der Waals surface area contributed by atoms with E-state index in [0.717, 1.165) is 39.6 Å². The van der Waals surface area contributed by atoms with Crippen LogP contribution in [-0.4, -0.2) is 22.2 Å². The van der Waals surface area contributed by atoms with E-state index in [2.05, 4.69) is 34.8 Å². The van der Waals surface area contributed by atoms with Crippen molar-refractivity contribution < 1.29 is 9.53 Å². The van der Waals surface area contributed by atoms with E-state index in [-0.39, 0.29) is 5.91 Å². The van der Waals surface area contributed by atoms with Crippen molar-refractivity contribution >= 4 is 46.2 Å². The van der Waals surface area contributed by atoms with E-state index in [1.54, 1.807) is 0 Å². The number of benzene rings is 2. The molecule has 0 atom stereocenters. The van der Waals surface area contributed by atoms with Gasteiger partial charge in [0, 0.05) is 22.1 Å². The van der Waals surface area contributed by atoms with Gasteiger partial charge in [-0.3, -0.25) is 4.79 Å². The molecule has 2 heterocycles. The Kier molecular flexibility index (Phi) is 6.44. The molecule has 0 radical (unpaired) electrons. The summed E-state index contributed by atoms with van der Waals surface area (Å²) in [5, 5.41) is 4.11. The number of rotatable bonds is 5. The maximum Gasteiger partial charge on any atom is 0.264 e. The molecule has 1 aromatic heterocycles. The summed E-state index contributed by atoms with van der Waals surface area (Å²) in [6.45, 7) is 8.72. The van der Waals surface area contributed by atoms with E-state index in [1.165, 1.54) is 11.8 Å². The summed E-state index contributed by atoms with van der Waals surface area (Å²) in [5.74, 6) is 0.647. The lowest BCUT2D eigenvalue weighted by Crippen LogP contribution is -2.19. The molecule has 3 aromatic rings. The predicted octanol–water partition coefficient (Wildman–Crippen LogP) is 6.35. The molecule has 1 saturated heterocycles. The van der Waals surface area contributed by atoms with Gasteiger partial charge in [-0.25, -0.2) is 4.99 Å². The highest BCUT2D eigenvalue weighted by Crippen LogP contribution is 2.32. The first-order valence-electron chi connectivity index (χ1n) is 10.3. The van der Waals surface area contributed by atoms with Crippen LogP contribution < -0.4 is 10.1 Å². The van der Waals surface area contributed by atoms with Crippen LogP contribution in [0.3, 0.4) is 0 Å². The summed E-state index contributed by atoms with van der Waals surface area (Å²) in [4.78, 5) is 17.7. The summed E-state index contributed by atoms with van der Waals surface area (Å²) in [6, 6.07) is 15.4. The number of aryl methyl sites for hydroxylation is 2. The first-order valence-corrected chi connectivity index (χ1v) is 11.5. The van der Waals surface area contributed by atoms with Gasteiger partial charge in [0.15, 0.2) is 5.17 Å². The van der Waals surface area contributed by atoms with E-state index in [0.29, 0.717) is 21.7 Å². The van der Waals surface area contributed by atoms with Gasteiger partial charge in [0.25, 0.3) is 5.91 Å². The first kappa shape index (κ1) is 22.2. The molecule has 0 saturated carbocycles. The van der Waals surface area contributed by atoms with Gasteiger partial charge < -0.3 is 14.6 Å². The third-order valence-corrected chi connectivity index (χ3v) is 6.34. The molecule has 1 aliphatic heterocycles. The molecule has 0 aliphatic carbocycles. The zero-order chi connectivity index (χ0) is 22.8. The molecule has 1 N–H and O–H groups in total. The maximum absolute atomic E-state index is 12.6. The highest BCUT2D eigenvalue weighted by Gasteiger charge is 2.24. The number of aliphatic imine (C=N–C) groups is 1. The second-order valence-corrected chi connectivity index (χ2v) is 8.97. The minimum absolute atomic E-state index is 0.150. The van der Waals surface area contributed by atoms with Crippen molar-refractivity contribution in [1.29, 1.82) is 0 Å². The van der Waals surface area contributed by atoms with Crippen molar-refractivity contribution in [3.8, 4) is 11.4 Å². The van der Waals surface area contributed by atoms with Crippen molar-refractivity contribution in [3.05, 3.63) is 81.0 Å². The molecule has 1 fully saturated rings. The molecule has 5 nitrogen and oxygen atoms in total. The highest BCUT2D eigenvalue weighted by molar-refractivity contribution is 8.18. The zero-order valence-electron chi connectivity index (χ0n) is 18.4. The predicted molar refractivity (Wildman–Crippen MR) is 133 cm³/mol. The van der Waals surface area contributed by atoms with E-state index in [1.807, 2.05) is 62.4 Å². The number of aromatic nitrogens is 1. The van der Waals surface area contributed by atoms with Gasteiger partial charge in [0.2, 0.25) is 0 Å². The Hall–Kier alpha value is -2.96. The van der Waals surface area contributed by atoms with E-state index in [9.17, 15) is 4.79 Å². The minimum Gasteiger partial charge on any atom is -0.494 e. The van der Waals surface area contributed by atoms with Crippen molar-refractivity contribution in [2.45, 2.75) is 27.7 Å². The average Bonchev–Trinajstić information content (AvgIpc) is 3.24. The number of thioether (sulfide) groups is 1. The van der Waals surface area contributed by atoms with Crippen LogP contribution in [0.1, 0.15) is 29.4 Å². The fourth-order valence-electron chi connectivity index (χ4n) is 3.65. The number of amides is 1. The number of carbonyl (C=O) groups is 1. The molecular weight excluding hydrogens is 442 g/mol. The zero-order valence-corrected chi connectivity index (χ0v) is 20.0. The van der Waals surface area contributed by atoms with Gasteiger partial charge >= 0.3 is 0 Å². The Labute approximate surface area is 197 Å². The SMILES string of the molecule is CCOc1ccc(N=C2NC(=O)/C(=C\c3cc(C)n(-c4cc(Cl)ccc4C)c3C)S2)cc1. The van der Waals surface area contributed by atoms with Crippen LogP contribution in [0.4, 0.5) is 5.69 Å². The number of halogens is 1. The Balaban J connectivity index is 1.61. The lowest BCUT2D eigenvalue weighted by atomic mass is 10.2. The molecule has 1 aliphatic rings. The largest absolute Gasteiger partial charge is 0.494 e. The van der Waals surface area contributed by atoms with Gasteiger partial charge in [-0.2, -0.15) is 0 Å².